The highest BCUT2D eigenvalue weighted by Gasteiger charge is 2.42. The average molecular weight is 354 g/mol. The van der Waals surface area contributed by atoms with Crippen LogP contribution in [0.1, 0.15) is 19.3 Å². The van der Waals surface area contributed by atoms with Crippen LogP contribution in [0.5, 0.6) is 5.75 Å². The van der Waals surface area contributed by atoms with E-state index < -0.39 is 14.8 Å². The summed E-state index contributed by atoms with van der Waals surface area (Å²) in [6.07, 6.45) is 2.15. The van der Waals surface area contributed by atoms with Crippen LogP contribution >= 0.6 is 0 Å². The number of ether oxygens (including phenoxy) is 1. The summed E-state index contributed by atoms with van der Waals surface area (Å²) in [5.74, 6) is -0.205. The molecule has 1 aromatic rings. The van der Waals surface area contributed by atoms with Gasteiger partial charge in [-0.25, -0.2) is 8.42 Å². The normalized spacial score (nSPS) is 22.1. The Bertz CT molecular complexity index is 759. The Hall–Kier alpha value is -2.16. The van der Waals surface area contributed by atoms with Gasteiger partial charge in [0.1, 0.15) is 0 Å². The number of hydrogen-bond acceptors (Lipinski definition) is 6. The van der Waals surface area contributed by atoms with Crippen LogP contribution in [0.3, 0.4) is 0 Å². The fourth-order valence-electron chi connectivity index (χ4n) is 3.00. The molecule has 2 fully saturated rings. The molecule has 1 saturated carbocycles. The largest absolute Gasteiger partial charge is 0.477 e. The lowest BCUT2D eigenvalue weighted by Crippen LogP contribution is -2.45. The van der Waals surface area contributed by atoms with Crippen LogP contribution in [0.25, 0.3) is 0 Å². The highest BCUT2D eigenvalue weighted by atomic mass is 32.2. The lowest BCUT2D eigenvalue weighted by atomic mass is 10.2. The molecule has 0 aromatic heterocycles. The first-order chi connectivity index (χ1) is 11.4. The van der Waals surface area contributed by atoms with E-state index in [-0.39, 0.29) is 47.5 Å². The summed E-state index contributed by atoms with van der Waals surface area (Å²) >= 11 is 0. The van der Waals surface area contributed by atoms with Crippen LogP contribution in [0, 0.1) is 10.1 Å². The minimum atomic E-state index is -3.09. The maximum absolute atomic E-state index is 12.5. The van der Waals surface area contributed by atoms with E-state index in [1.165, 1.54) is 18.2 Å². The first-order valence-electron chi connectivity index (χ1n) is 7.75. The number of hydrogen-bond donors (Lipinski definition) is 0. The van der Waals surface area contributed by atoms with Gasteiger partial charge in [0.05, 0.1) is 16.4 Å². The van der Waals surface area contributed by atoms with E-state index in [0.717, 1.165) is 12.8 Å². The Morgan fingerprint density at radius 2 is 1.96 bits per heavy atom. The summed E-state index contributed by atoms with van der Waals surface area (Å²) in [6, 6.07) is 5.60. The molecule has 0 spiro atoms. The molecule has 1 amide bonds. The van der Waals surface area contributed by atoms with Gasteiger partial charge < -0.3 is 9.64 Å². The maximum atomic E-state index is 12.5. The fraction of sp³-hybridized carbons (Fsp3) is 0.533. The predicted molar refractivity (Wildman–Crippen MR) is 85.5 cm³/mol. The second-order valence-corrected chi connectivity index (χ2v) is 8.33. The monoisotopic (exact) mass is 354 g/mol. The molecule has 0 unspecified atom stereocenters. The quantitative estimate of drug-likeness (QED) is 0.560. The molecule has 130 valence electrons. The molecule has 0 N–H and O–H groups in total. The molecule has 24 heavy (non-hydrogen) atoms. The molecule has 1 heterocycles. The summed E-state index contributed by atoms with van der Waals surface area (Å²) in [7, 11) is -3.09. The third-order valence-electron chi connectivity index (χ3n) is 4.24. The van der Waals surface area contributed by atoms with Crippen molar-refractivity contribution < 1.29 is 22.9 Å². The Balaban J connectivity index is 1.68. The van der Waals surface area contributed by atoms with Gasteiger partial charge in [-0.1, -0.05) is 12.1 Å². The lowest BCUT2D eigenvalue weighted by Gasteiger charge is -2.28. The number of nitro benzene ring substituents is 1. The van der Waals surface area contributed by atoms with Crippen molar-refractivity contribution in [3.63, 3.8) is 0 Å². The van der Waals surface area contributed by atoms with E-state index in [1.807, 2.05) is 0 Å². The highest BCUT2D eigenvalue weighted by molar-refractivity contribution is 7.91. The minimum absolute atomic E-state index is 0.0132. The predicted octanol–water partition coefficient (Wildman–Crippen LogP) is 1.15. The molecule has 1 aliphatic carbocycles. The Morgan fingerprint density at radius 1 is 1.25 bits per heavy atom. The summed E-state index contributed by atoms with van der Waals surface area (Å²) in [5, 5.41) is 11.0. The van der Waals surface area contributed by atoms with Crippen molar-refractivity contribution in [1.82, 2.24) is 4.90 Å². The number of sulfone groups is 1. The zero-order valence-corrected chi connectivity index (χ0v) is 13.8. The van der Waals surface area contributed by atoms with E-state index in [1.54, 1.807) is 11.0 Å². The van der Waals surface area contributed by atoms with Crippen LogP contribution in [-0.2, 0) is 14.6 Å². The molecule has 2 aliphatic rings. The van der Waals surface area contributed by atoms with Gasteiger partial charge in [-0.2, -0.15) is 0 Å². The molecule has 3 rings (SSSR count). The number of nitro groups is 1. The Labute approximate surface area is 139 Å². The van der Waals surface area contributed by atoms with E-state index in [9.17, 15) is 23.3 Å². The smallest absolute Gasteiger partial charge is 0.310 e. The summed E-state index contributed by atoms with van der Waals surface area (Å²) in [5.41, 5.74) is -0.202. The number of para-hydroxylation sites is 2. The third-order valence-corrected chi connectivity index (χ3v) is 5.99. The van der Waals surface area contributed by atoms with Crippen LogP contribution in [0.15, 0.2) is 24.3 Å². The van der Waals surface area contributed by atoms with Crippen LogP contribution in [0.2, 0.25) is 0 Å². The molecule has 9 heteroatoms. The average Bonchev–Trinajstić information content (AvgIpc) is 3.29. The first kappa shape index (κ1) is 16.7. The molecular formula is C15H18N2O6S. The van der Waals surface area contributed by atoms with Crippen molar-refractivity contribution in [1.29, 1.82) is 0 Å². The van der Waals surface area contributed by atoms with Gasteiger partial charge in [-0.3, -0.25) is 14.9 Å². The van der Waals surface area contributed by atoms with E-state index in [2.05, 4.69) is 0 Å². The molecule has 1 atom stereocenters. The second-order valence-electron chi connectivity index (χ2n) is 6.10. The zero-order chi connectivity index (χ0) is 17.3. The SMILES string of the molecule is O=C(COc1ccccc1[N+](=O)[O-])N(C1CC1)[C@H]1CCS(=O)(=O)C1. The minimum Gasteiger partial charge on any atom is -0.477 e. The van der Waals surface area contributed by atoms with Gasteiger partial charge in [-0.15, -0.1) is 0 Å². The van der Waals surface area contributed by atoms with Crippen LogP contribution in [0.4, 0.5) is 5.69 Å². The standard InChI is InChI=1S/C15H18N2O6S/c18-15(9-23-14-4-2-1-3-13(14)17(19)20)16(11-5-6-11)12-7-8-24(21,22)10-12/h1-4,11-12H,5-10H2/t12-/m0/s1. The van der Waals surface area contributed by atoms with Crippen molar-refractivity contribution in [2.45, 2.75) is 31.3 Å². The number of carbonyl (C=O) groups excluding carboxylic acids is 1. The van der Waals surface area contributed by atoms with Crippen molar-refractivity contribution in [3.05, 3.63) is 34.4 Å². The van der Waals surface area contributed by atoms with Crippen molar-refractivity contribution in [3.8, 4) is 5.75 Å². The third kappa shape index (κ3) is 3.66. The van der Waals surface area contributed by atoms with E-state index in [4.69, 9.17) is 4.74 Å². The van der Waals surface area contributed by atoms with Gasteiger partial charge in [0, 0.05) is 18.2 Å². The van der Waals surface area contributed by atoms with Gasteiger partial charge >= 0.3 is 5.69 Å². The summed E-state index contributed by atoms with van der Waals surface area (Å²) < 4.78 is 28.7. The molecule has 8 nitrogen and oxygen atoms in total. The first-order valence-corrected chi connectivity index (χ1v) is 9.57. The summed E-state index contributed by atoms with van der Waals surface area (Å²) in [6.45, 7) is -0.335. The number of amides is 1. The lowest BCUT2D eigenvalue weighted by molar-refractivity contribution is -0.385. The van der Waals surface area contributed by atoms with Crippen molar-refractivity contribution >= 4 is 21.4 Å². The van der Waals surface area contributed by atoms with Gasteiger partial charge in [-0.05, 0) is 25.3 Å². The number of rotatable bonds is 6. The second kappa shape index (κ2) is 6.39. The molecule has 1 saturated heterocycles. The van der Waals surface area contributed by atoms with Gasteiger partial charge in [0.25, 0.3) is 5.91 Å². The van der Waals surface area contributed by atoms with Crippen molar-refractivity contribution in [2.24, 2.45) is 0 Å². The summed E-state index contributed by atoms with van der Waals surface area (Å²) in [4.78, 5) is 24.5. The highest BCUT2D eigenvalue weighted by Crippen LogP contribution is 2.33. The van der Waals surface area contributed by atoms with Crippen LogP contribution < -0.4 is 4.74 Å². The Morgan fingerprint density at radius 3 is 2.54 bits per heavy atom. The number of carbonyl (C=O) groups is 1. The van der Waals surface area contributed by atoms with Gasteiger partial charge in [0.15, 0.2) is 22.2 Å². The van der Waals surface area contributed by atoms with E-state index in [0.29, 0.717) is 6.42 Å². The Kier molecular flexibility index (Phi) is 4.44. The van der Waals surface area contributed by atoms with Gasteiger partial charge in [0.2, 0.25) is 0 Å². The number of benzene rings is 1. The molecule has 1 aliphatic heterocycles. The number of nitrogens with zero attached hydrogens (tertiary/aromatic N) is 2. The maximum Gasteiger partial charge on any atom is 0.310 e. The van der Waals surface area contributed by atoms with Crippen molar-refractivity contribution in [2.75, 3.05) is 18.1 Å². The topological polar surface area (TPSA) is 107 Å². The zero-order valence-electron chi connectivity index (χ0n) is 13.0. The van der Waals surface area contributed by atoms with Crippen LogP contribution in [-0.4, -0.2) is 54.3 Å². The molecule has 1 aromatic carbocycles. The molecular weight excluding hydrogens is 336 g/mol. The molecule has 0 radical (unpaired) electrons. The fourth-order valence-corrected chi connectivity index (χ4v) is 4.71. The molecule has 0 bridgehead atoms. The van der Waals surface area contributed by atoms with E-state index >= 15 is 0 Å².